The predicted octanol–water partition coefficient (Wildman–Crippen LogP) is 21.5. The van der Waals surface area contributed by atoms with Crippen LogP contribution >= 0.6 is 0 Å². The minimum atomic E-state index is -0.845. The standard InChI is InChI=1S/C69H131NO5/c1-3-5-7-9-11-13-15-17-34-37-41-45-49-53-57-61-67(72)66(65-71)70-68(73)62-58-54-50-46-42-38-35-32-30-28-26-24-22-20-19-21-23-25-27-29-31-33-36-40-44-48-52-56-60-64-75-69(74)63-59-55-51-47-43-39-18-16-14-12-10-8-6-4-2/h19,21,25,27,57,61,66-67,71-72H,3-18,20,22-24,26,28-56,58-60,62-65H2,1-2H3,(H,70,73)/b21-19-,27-25-,61-57+. The Balaban J connectivity index is 3.41. The zero-order valence-corrected chi connectivity index (χ0v) is 50.5. The van der Waals surface area contributed by atoms with Crippen molar-refractivity contribution in [2.75, 3.05) is 13.2 Å². The third-order valence-corrected chi connectivity index (χ3v) is 15.7. The van der Waals surface area contributed by atoms with Gasteiger partial charge in [0.1, 0.15) is 0 Å². The maximum atomic E-state index is 12.5. The van der Waals surface area contributed by atoms with E-state index in [2.05, 4.69) is 43.5 Å². The fraction of sp³-hybridized carbons (Fsp3) is 0.884. The summed E-state index contributed by atoms with van der Waals surface area (Å²) in [7, 11) is 0. The number of ether oxygens (including phenoxy) is 1. The van der Waals surface area contributed by atoms with Crippen LogP contribution in [-0.2, 0) is 14.3 Å². The summed E-state index contributed by atoms with van der Waals surface area (Å²) in [6.07, 6.45) is 82.1. The van der Waals surface area contributed by atoms with Gasteiger partial charge in [-0.25, -0.2) is 0 Å². The molecule has 0 fully saturated rings. The van der Waals surface area contributed by atoms with Crippen molar-refractivity contribution < 1.29 is 24.5 Å². The average Bonchev–Trinajstić information content (AvgIpc) is 3.41. The lowest BCUT2D eigenvalue weighted by Crippen LogP contribution is -2.45. The molecule has 6 nitrogen and oxygen atoms in total. The topological polar surface area (TPSA) is 95.9 Å². The quantitative estimate of drug-likeness (QED) is 0.0320. The Morgan fingerprint density at radius 3 is 1.01 bits per heavy atom. The van der Waals surface area contributed by atoms with Gasteiger partial charge in [0.15, 0.2) is 0 Å². The number of hydrogen-bond acceptors (Lipinski definition) is 5. The molecule has 0 aliphatic rings. The van der Waals surface area contributed by atoms with Crippen molar-refractivity contribution in [1.82, 2.24) is 5.32 Å². The van der Waals surface area contributed by atoms with Crippen LogP contribution in [-0.4, -0.2) is 47.4 Å². The number of aliphatic hydroxyl groups excluding tert-OH is 2. The summed E-state index contributed by atoms with van der Waals surface area (Å²) in [5, 5.41) is 23.1. The number of esters is 1. The van der Waals surface area contributed by atoms with E-state index in [0.717, 1.165) is 44.9 Å². The highest BCUT2D eigenvalue weighted by molar-refractivity contribution is 5.76. The number of amides is 1. The largest absolute Gasteiger partial charge is 0.466 e. The lowest BCUT2D eigenvalue weighted by atomic mass is 10.0. The number of rotatable bonds is 63. The fourth-order valence-electron chi connectivity index (χ4n) is 10.5. The third kappa shape index (κ3) is 61.2. The molecule has 0 aliphatic carbocycles. The summed E-state index contributed by atoms with van der Waals surface area (Å²) < 4.78 is 5.49. The van der Waals surface area contributed by atoms with Gasteiger partial charge in [-0.3, -0.25) is 9.59 Å². The molecule has 0 saturated carbocycles. The second-order valence-electron chi connectivity index (χ2n) is 23.2. The van der Waals surface area contributed by atoms with Crippen molar-refractivity contribution in [1.29, 1.82) is 0 Å². The molecule has 0 spiro atoms. The minimum Gasteiger partial charge on any atom is -0.466 e. The van der Waals surface area contributed by atoms with Gasteiger partial charge < -0.3 is 20.3 Å². The highest BCUT2D eigenvalue weighted by Gasteiger charge is 2.18. The Morgan fingerprint density at radius 2 is 0.667 bits per heavy atom. The SMILES string of the molecule is CCCCCCCCCCCCCCC/C=C/C(O)C(CO)NC(=O)CCCCCCCCCCCCCCC/C=C\C/C=C\CCCCCCCCCCCOC(=O)CCCCCCCCCCCCCCCC. The van der Waals surface area contributed by atoms with E-state index in [1.807, 2.05) is 6.08 Å². The van der Waals surface area contributed by atoms with Gasteiger partial charge in [-0.05, 0) is 64.2 Å². The first-order valence-electron chi connectivity index (χ1n) is 33.8. The number of unbranched alkanes of at least 4 members (excludes halogenated alkanes) is 48. The Kier molecular flexibility index (Phi) is 63.0. The van der Waals surface area contributed by atoms with Gasteiger partial charge in [-0.1, -0.05) is 326 Å². The molecule has 0 rings (SSSR count). The Morgan fingerprint density at radius 1 is 0.373 bits per heavy atom. The van der Waals surface area contributed by atoms with Gasteiger partial charge in [-0.15, -0.1) is 0 Å². The first-order chi connectivity index (χ1) is 37.0. The number of aliphatic hydroxyl groups is 2. The van der Waals surface area contributed by atoms with Crippen LogP contribution in [0.25, 0.3) is 0 Å². The Hall–Kier alpha value is -1.92. The number of carbonyl (C=O) groups excluding carboxylic acids is 2. The van der Waals surface area contributed by atoms with Gasteiger partial charge in [0.2, 0.25) is 5.91 Å². The van der Waals surface area contributed by atoms with Gasteiger partial charge in [0.05, 0.1) is 25.4 Å². The molecule has 0 aromatic carbocycles. The minimum absolute atomic E-state index is 0.0142. The summed E-state index contributed by atoms with van der Waals surface area (Å²) in [6.45, 7) is 4.92. The van der Waals surface area contributed by atoms with E-state index in [1.165, 1.54) is 295 Å². The third-order valence-electron chi connectivity index (χ3n) is 15.7. The number of nitrogens with one attached hydrogen (secondary N) is 1. The molecule has 6 heteroatoms. The lowest BCUT2D eigenvalue weighted by Gasteiger charge is -2.20. The van der Waals surface area contributed by atoms with Gasteiger partial charge >= 0.3 is 5.97 Å². The molecule has 0 heterocycles. The van der Waals surface area contributed by atoms with E-state index >= 15 is 0 Å². The molecular weight excluding hydrogens is 923 g/mol. The van der Waals surface area contributed by atoms with Crippen LogP contribution in [0.2, 0.25) is 0 Å². The van der Waals surface area contributed by atoms with E-state index in [4.69, 9.17) is 4.74 Å². The van der Waals surface area contributed by atoms with Crippen LogP contribution in [0.5, 0.6) is 0 Å². The van der Waals surface area contributed by atoms with Crippen molar-refractivity contribution in [3.63, 3.8) is 0 Å². The number of hydrogen-bond donors (Lipinski definition) is 3. The molecule has 0 radical (unpaired) electrons. The van der Waals surface area contributed by atoms with Crippen LogP contribution < -0.4 is 5.32 Å². The second-order valence-corrected chi connectivity index (χ2v) is 23.2. The first-order valence-corrected chi connectivity index (χ1v) is 33.8. The molecule has 0 aliphatic heterocycles. The highest BCUT2D eigenvalue weighted by Crippen LogP contribution is 2.18. The van der Waals surface area contributed by atoms with Crippen LogP contribution in [0.15, 0.2) is 36.5 Å². The summed E-state index contributed by atoms with van der Waals surface area (Å²) in [6, 6.07) is -0.629. The summed E-state index contributed by atoms with van der Waals surface area (Å²) in [5.41, 5.74) is 0. The maximum Gasteiger partial charge on any atom is 0.305 e. The fourth-order valence-corrected chi connectivity index (χ4v) is 10.5. The van der Waals surface area contributed by atoms with Crippen molar-refractivity contribution in [2.24, 2.45) is 0 Å². The molecule has 75 heavy (non-hydrogen) atoms. The van der Waals surface area contributed by atoms with Crippen LogP contribution in [0.4, 0.5) is 0 Å². The first kappa shape index (κ1) is 73.1. The smallest absolute Gasteiger partial charge is 0.305 e. The molecule has 442 valence electrons. The van der Waals surface area contributed by atoms with E-state index in [9.17, 15) is 19.8 Å². The molecule has 3 N–H and O–H groups in total. The average molecular weight is 1050 g/mol. The van der Waals surface area contributed by atoms with Gasteiger partial charge in [-0.2, -0.15) is 0 Å². The molecule has 1 amide bonds. The predicted molar refractivity (Wildman–Crippen MR) is 329 cm³/mol. The van der Waals surface area contributed by atoms with E-state index < -0.39 is 12.1 Å². The zero-order chi connectivity index (χ0) is 54.3. The molecule has 0 saturated heterocycles. The Bertz CT molecular complexity index is 1210. The van der Waals surface area contributed by atoms with E-state index in [0.29, 0.717) is 19.4 Å². The maximum absolute atomic E-state index is 12.5. The van der Waals surface area contributed by atoms with E-state index in [1.54, 1.807) is 6.08 Å². The number of allylic oxidation sites excluding steroid dienone is 5. The Labute approximate surface area is 468 Å². The monoisotopic (exact) mass is 1050 g/mol. The lowest BCUT2D eigenvalue weighted by molar-refractivity contribution is -0.143. The van der Waals surface area contributed by atoms with Crippen LogP contribution in [0.1, 0.15) is 367 Å². The van der Waals surface area contributed by atoms with Crippen LogP contribution in [0.3, 0.4) is 0 Å². The highest BCUT2D eigenvalue weighted by atomic mass is 16.5. The molecule has 2 unspecified atom stereocenters. The summed E-state index contributed by atoms with van der Waals surface area (Å²) in [4.78, 5) is 24.5. The molecular formula is C69H131NO5. The summed E-state index contributed by atoms with van der Waals surface area (Å²) in [5.74, 6) is -0.0531. The molecule has 0 bridgehead atoms. The van der Waals surface area contributed by atoms with Crippen molar-refractivity contribution in [2.45, 2.75) is 379 Å². The molecule has 0 aromatic rings. The molecule has 0 aromatic heterocycles. The number of carbonyl (C=O) groups is 2. The van der Waals surface area contributed by atoms with Crippen molar-refractivity contribution in [3.8, 4) is 0 Å². The van der Waals surface area contributed by atoms with Gasteiger partial charge in [0, 0.05) is 12.8 Å². The van der Waals surface area contributed by atoms with Crippen molar-refractivity contribution >= 4 is 11.9 Å². The van der Waals surface area contributed by atoms with Crippen LogP contribution in [0, 0.1) is 0 Å². The second kappa shape index (κ2) is 64.6. The normalized spacial score (nSPS) is 12.7. The zero-order valence-electron chi connectivity index (χ0n) is 50.5. The van der Waals surface area contributed by atoms with Crippen molar-refractivity contribution in [3.05, 3.63) is 36.5 Å². The summed E-state index contributed by atoms with van der Waals surface area (Å²) >= 11 is 0. The van der Waals surface area contributed by atoms with E-state index in [-0.39, 0.29) is 18.5 Å². The van der Waals surface area contributed by atoms with Gasteiger partial charge in [0.25, 0.3) is 0 Å². The molecule has 2 atom stereocenters.